The molecule has 2 atom stereocenters. The molecule has 2 heterocycles. The number of nitrogens with one attached hydrogen (secondary N) is 1. The van der Waals surface area contributed by atoms with Crippen LogP contribution in [0.15, 0.2) is 48.8 Å². The van der Waals surface area contributed by atoms with Crippen LogP contribution < -0.4 is 5.32 Å². The normalized spacial score (nSPS) is 18.8. The van der Waals surface area contributed by atoms with Gasteiger partial charge in [0.05, 0.1) is 6.61 Å². The van der Waals surface area contributed by atoms with Gasteiger partial charge in [-0.05, 0) is 43.2 Å². The molecule has 2 aromatic rings. The van der Waals surface area contributed by atoms with Crippen molar-refractivity contribution in [3.8, 4) is 5.69 Å². The van der Waals surface area contributed by atoms with Gasteiger partial charge in [0.25, 0.3) is 5.91 Å². The second-order valence-electron chi connectivity index (χ2n) is 5.91. The highest BCUT2D eigenvalue weighted by Crippen LogP contribution is 2.19. The molecule has 0 aliphatic carbocycles. The number of rotatable bonds is 5. The number of ether oxygens (including phenoxy) is 1. The molecule has 2 N–H and O–H groups in total. The van der Waals surface area contributed by atoms with E-state index < -0.39 is 12.0 Å². The highest BCUT2D eigenvalue weighted by atomic mass is 16.5. The number of carbonyl (C=O) groups is 2. The molecule has 0 bridgehead atoms. The number of hydrogen-bond donors (Lipinski definition) is 2. The minimum atomic E-state index is -1.03. The van der Waals surface area contributed by atoms with Crippen molar-refractivity contribution in [3.63, 3.8) is 0 Å². The van der Waals surface area contributed by atoms with Gasteiger partial charge in [0, 0.05) is 36.2 Å². The Hall–Kier alpha value is -2.60. The third kappa shape index (κ3) is 3.65. The molecule has 1 aromatic carbocycles. The molecule has 1 aliphatic heterocycles. The third-order valence-corrected chi connectivity index (χ3v) is 4.23. The van der Waals surface area contributed by atoms with Gasteiger partial charge in [0.15, 0.2) is 0 Å². The molecule has 1 saturated heterocycles. The Morgan fingerprint density at radius 1 is 1.25 bits per heavy atom. The summed E-state index contributed by atoms with van der Waals surface area (Å²) in [5, 5.41) is 12.1. The molecule has 6 heteroatoms. The summed E-state index contributed by atoms with van der Waals surface area (Å²) in [6.45, 7) is 1.01. The maximum absolute atomic E-state index is 12.5. The van der Waals surface area contributed by atoms with E-state index in [0.717, 1.165) is 18.5 Å². The number of aliphatic carboxylic acids is 1. The summed E-state index contributed by atoms with van der Waals surface area (Å²) in [6.07, 6.45) is 5.32. The van der Waals surface area contributed by atoms with Crippen molar-refractivity contribution < 1.29 is 19.4 Å². The van der Waals surface area contributed by atoms with E-state index in [9.17, 15) is 14.7 Å². The van der Waals surface area contributed by atoms with Crippen molar-refractivity contribution in [1.29, 1.82) is 0 Å². The number of benzene rings is 1. The maximum Gasteiger partial charge on any atom is 0.326 e. The van der Waals surface area contributed by atoms with Gasteiger partial charge in [0.2, 0.25) is 0 Å². The summed E-state index contributed by atoms with van der Waals surface area (Å²) < 4.78 is 7.24. The molecule has 0 unspecified atom stereocenters. The number of carbonyl (C=O) groups excluding carboxylic acids is 1. The number of nitrogens with zero attached hydrogens (tertiary/aromatic N) is 1. The minimum Gasteiger partial charge on any atom is -0.480 e. The quantitative estimate of drug-likeness (QED) is 0.881. The first-order chi connectivity index (χ1) is 11.6. The van der Waals surface area contributed by atoms with E-state index in [2.05, 4.69) is 5.32 Å². The average molecular weight is 328 g/mol. The Morgan fingerprint density at radius 2 is 2.04 bits per heavy atom. The molecule has 1 aromatic heterocycles. The van der Waals surface area contributed by atoms with Gasteiger partial charge >= 0.3 is 5.97 Å². The predicted octanol–water partition coefficient (Wildman–Crippen LogP) is 2.09. The van der Waals surface area contributed by atoms with E-state index in [-0.39, 0.29) is 11.8 Å². The van der Waals surface area contributed by atoms with Crippen LogP contribution in [0.3, 0.4) is 0 Å². The van der Waals surface area contributed by atoms with Crippen molar-refractivity contribution in [2.24, 2.45) is 5.92 Å². The van der Waals surface area contributed by atoms with E-state index in [1.54, 1.807) is 18.2 Å². The molecule has 1 amide bonds. The van der Waals surface area contributed by atoms with Crippen molar-refractivity contribution in [2.75, 3.05) is 13.2 Å². The van der Waals surface area contributed by atoms with Crippen LogP contribution in [0.2, 0.25) is 0 Å². The zero-order valence-electron chi connectivity index (χ0n) is 13.2. The number of hydrogen-bond acceptors (Lipinski definition) is 3. The first-order valence-corrected chi connectivity index (χ1v) is 8.00. The fraction of sp³-hybridized carbons (Fsp3) is 0.333. The van der Waals surface area contributed by atoms with E-state index in [1.807, 2.05) is 35.2 Å². The Bertz CT molecular complexity index is 706. The average Bonchev–Trinajstić information content (AvgIpc) is 3.15. The van der Waals surface area contributed by atoms with Gasteiger partial charge in [-0.2, -0.15) is 0 Å². The minimum absolute atomic E-state index is 0.201. The van der Waals surface area contributed by atoms with Crippen LogP contribution in [-0.2, 0) is 9.53 Å². The van der Waals surface area contributed by atoms with Gasteiger partial charge in [-0.1, -0.05) is 6.07 Å². The van der Waals surface area contributed by atoms with Crippen LogP contribution in [0.5, 0.6) is 0 Å². The molecular weight excluding hydrogens is 308 g/mol. The Labute approximate surface area is 140 Å². The summed E-state index contributed by atoms with van der Waals surface area (Å²) in [4.78, 5) is 24.0. The Morgan fingerprint density at radius 3 is 2.71 bits per heavy atom. The van der Waals surface area contributed by atoms with Gasteiger partial charge in [-0.15, -0.1) is 0 Å². The van der Waals surface area contributed by atoms with E-state index in [0.29, 0.717) is 18.8 Å². The largest absolute Gasteiger partial charge is 0.480 e. The third-order valence-electron chi connectivity index (χ3n) is 4.23. The smallest absolute Gasteiger partial charge is 0.326 e. The zero-order chi connectivity index (χ0) is 16.9. The lowest BCUT2D eigenvalue weighted by Crippen LogP contribution is -2.48. The second kappa shape index (κ2) is 7.31. The van der Waals surface area contributed by atoms with E-state index >= 15 is 0 Å². The molecule has 0 spiro atoms. The fourth-order valence-electron chi connectivity index (χ4n) is 2.95. The van der Waals surface area contributed by atoms with Crippen molar-refractivity contribution in [3.05, 3.63) is 54.4 Å². The van der Waals surface area contributed by atoms with Crippen LogP contribution in [-0.4, -0.2) is 40.8 Å². The zero-order valence-corrected chi connectivity index (χ0v) is 13.2. The van der Waals surface area contributed by atoms with Crippen molar-refractivity contribution in [2.45, 2.75) is 18.9 Å². The lowest BCUT2D eigenvalue weighted by molar-refractivity contribution is -0.142. The number of aromatic nitrogens is 1. The van der Waals surface area contributed by atoms with Crippen LogP contribution >= 0.6 is 0 Å². The van der Waals surface area contributed by atoms with E-state index in [1.165, 1.54) is 0 Å². The monoisotopic (exact) mass is 328 g/mol. The van der Waals surface area contributed by atoms with Crippen LogP contribution in [0.25, 0.3) is 5.69 Å². The summed E-state index contributed by atoms with van der Waals surface area (Å²) in [7, 11) is 0. The summed E-state index contributed by atoms with van der Waals surface area (Å²) in [5.41, 5.74) is 1.28. The topological polar surface area (TPSA) is 80.6 Å². The highest BCUT2D eigenvalue weighted by Gasteiger charge is 2.31. The number of carboxylic acids is 1. The Balaban J connectivity index is 1.75. The first kappa shape index (κ1) is 16.3. The molecule has 0 saturated carbocycles. The van der Waals surface area contributed by atoms with Gasteiger partial charge in [-0.25, -0.2) is 4.79 Å². The SMILES string of the molecule is O=C(N[C@H](C(=O)O)[C@@H]1CCCOC1)c1cccc(-n2cccc2)c1. The first-order valence-electron chi connectivity index (χ1n) is 8.00. The summed E-state index contributed by atoms with van der Waals surface area (Å²) in [5.74, 6) is -1.62. The standard InChI is InChI=1S/C18H20N2O4/c21-17(19-16(18(22)23)14-6-4-10-24-12-14)13-5-3-7-15(11-13)20-8-1-2-9-20/h1-3,5,7-9,11,14,16H,4,6,10,12H2,(H,19,21)(H,22,23)/t14-,16+/m1/s1. The molecule has 1 fully saturated rings. The second-order valence-corrected chi connectivity index (χ2v) is 5.91. The molecule has 126 valence electrons. The lowest BCUT2D eigenvalue weighted by Gasteiger charge is -2.28. The maximum atomic E-state index is 12.5. The molecule has 6 nitrogen and oxygen atoms in total. The van der Waals surface area contributed by atoms with Gasteiger partial charge < -0.3 is 19.7 Å². The summed E-state index contributed by atoms with van der Waals surface area (Å²) in [6, 6.07) is 9.95. The summed E-state index contributed by atoms with van der Waals surface area (Å²) >= 11 is 0. The molecule has 0 radical (unpaired) electrons. The number of amides is 1. The van der Waals surface area contributed by atoms with E-state index in [4.69, 9.17) is 4.74 Å². The van der Waals surface area contributed by atoms with Crippen LogP contribution in [0, 0.1) is 5.92 Å². The molecule has 3 rings (SSSR count). The molecule has 24 heavy (non-hydrogen) atoms. The fourth-order valence-corrected chi connectivity index (χ4v) is 2.95. The van der Waals surface area contributed by atoms with Crippen LogP contribution in [0.1, 0.15) is 23.2 Å². The predicted molar refractivity (Wildman–Crippen MR) is 88.2 cm³/mol. The van der Waals surface area contributed by atoms with Gasteiger partial charge in [-0.3, -0.25) is 4.79 Å². The Kier molecular flexibility index (Phi) is 4.96. The lowest BCUT2D eigenvalue weighted by atomic mass is 9.93. The van der Waals surface area contributed by atoms with Gasteiger partial charge in [0.1, 0.15) is 6.04 Å². The number of carboxylic acid groups (broad SMARTS) is 1. The highest BCUT2D eigenvalue weighted by molar-refractivity contribution is 5.97. The molecular formula is C18H20N2O4. The van der Waals surface area contributed by atoms with Crippen LogP contribution in [0.4, 0.5) is 0 Å². The molecule has 1 aliphatic rings. The van der Waals surface area contributed by atoms with Crippen molar-refractivity contribution >= 4 is 11.9 Å². The van der Waals surface area contributed by atoms with Crippen molar-refractivity contribution in [1.82, 2.24) is 9.88 Å².